The van der Waals surface area contributed by atoms with Crippen molar-refractivity contribution >= 4 is 0 Å². The highest BCUT2D eigenvalue weighted by Crippen LogP contribution is 2.40. The van der Waals surface area contributed by atoms with Gasteiger partial charge in [-0.2, -0.15) is 0 Å². The SMILES string of the molecule is CCCNC(c1ccc(C(C)CC)cc1)C1CCCC1C. The number of benzene rings is 1. The van der Waals surface area contributed by atoms with Crippen molar-refractivity contribution in [1.29, 1.82) is 0 Å². The van der Waals surface area contributed by atoms with Crippen molar-refractivity contribution in [2.24, 2.45) is 11.8 Å². The zero-order chi connectivity index (χ0) is 15.2. The average Bonchev–Trinajstić information content (AvgIpc) is 2.94. The Bertz CT molecular complexity index is 408. The van der Waals surface area contributed by atoms with Crippen LogP contribution in [0.25, 0.3) is 0 Å². The molecule has 1 nitrogen and oxygen atoms in total. The molecule has 118 valence electrons. The Labute approximate surface area is 131 Å². The number of hydrogen-bond donors (Lipinski definition) is 1. The normalized spacial score (nSPS) is 25.0. The molecule has 0 bridgehead atoms. The molecule has 1 N–H and O–H groups in total. The molecule has 0 saturated heterocycles. The summed E-state index contributed by atoms with van der Waals surface area (Å²) in [5.41, 5.74) is 2.98. The van der Waals surface area contributed by atoms with Gasteiger partial charge >= 0.3 is 0 Å². The van der Waals surface area contributed by atoms with Crippen LogP contribution in [0.1, 0.15) is 82.9 Å². The van der Waals surface area contributed by atoms with Crippen LogP contribution >= 0.6 is 0 Å². The van der Waals surface area contributed by atoms with E-state index in [2.05, 4.69) is 57.3 Å². The third-order valence-corrected chi connectivity index (χ3v) is 5.45. The Hall–Kier alpha value is -0.820. The highest BCUT2D eigenvalue weighted by molar-refractivity contribution is 5.28. The molecular formula is C20H33N. The Morgan fingerprint density at radius 1 is 1.10 bits per heavy atom. The van der Waals surface area contributed by atoms with E-state index >= 15 is 0 Å². The molecule has 1 aliphatic carbocycles. The molecule has 1 aromatic rings. The molecule has 0 aromatic heterocycles. The molecule has 1 saturated carbocycles. The van der Waals surface area contributed by atoms with E-state index in [4.69, 9.17) is 0 Å². The molecule has 1 aliphatic rings. The summed E-state index contributed by atoms with van der Waals surface area (Å²) in [4.78, 5) is 0. The second-order valence-corrected chi connectivity index (χ2v) is 6.98. The molecule has 4 atom stereocenters. The molecular weight excluding hydrogens is 254 g/mol. The summed E-state index contributed by atoms with van der Waals surface area (Å²) < 4.78 is 0. The van der Waals surface area contributed by atoms with Crippen LogP contribution in [0.15, 0.2) is 24.3 Å². The van der Waals surface area contributed by atoms with Gasteiger partial charge in [0.1, 0.15) is 0 Å². The van der Waals surface area contributed by atoms with Crippen LogP contribution in [0, 0.1) is 11.8 Å². The summed E-state index contributed by atoms with van der Waals surface area (Å²) in [6, 6.07) is 10.0. The first-order chi connectivity index (χ1) is 10.2. The van der Waals surface area contributed by atoms with E-state index in [1.807, 2.05) is 0 Å². The fourth-order valence-corrected chi connectivity index (χ4v) is 3.75. The Morgan fingerprint density at radius 3 is 2.29 bits per heavy atom. The fraction of sp³-hybridized carbons (Fsp3) is 0.700. The Balaban J connectivity index is 2.15. The monoisotopic (exact) mass is 287 g/mol. The summed E-state index contributed by atoms with van der Waals surface area (Å²) >= 11 is 0. The summed E-state index contributed by atoms with van der Waals surface area (Å²) in [7, 11) is 0. The molecule has 2 rings (SSSR count). The maximum atomic E-state index is 3.82. The first kappa shape index (κ1) is 16.5. The quantitative estimate of drug-likeness (QED) is 0.680. The lowest BCUT2D eigenvalue weighted by atomic mass is 9.85. The third-order valence-electron chi connectivity index (χ3n) is 5.45. The van der Waals surface area contributed by atoms with Gasteiger partial charge in [0, 0.05) is 6.04 Å². The van der Waals surface area contributed by atoms with Gasteiger partial charge in [-0.05, 0) is 54.7 Å². The van der Waals surface area contributed by atoms with Crippen molar-refractivity contribution < 1.29 is 0 Å². The van der Waals surface area contributed by atoms with Crippen LogP contribution in [0.4, 0.5) is 0 Å². The van der Waals surface area contributed by atoms with Crippen molar-refractivity contribution in [3.63, 3.8) is 0 Å². The molecule has 21 heavy (non-hydrogen) atoms. The van der Waals surface area contributed by atoms with E-state index in [0.717, 1.165) is 18.4 Å². The van der Waals surface area contributed by atoms with Crippen LogP contribution in [-0.4, -0.2) is 6.54 Å². The molecule has 4 unspecified atom stereocenters. The first-order valence-corrected chi connectivity index (χ1v) is 9.00. The van der Waals surface area contributed by atoms with Crippen LogP contribution < -0.4 is 5.32 Å². The third kappa shape index (κ3) is 4.10. The van der Waals surface area contributed by atoms with Gasteiger partial charge in [-0.3, -0.25) is 0 Å². The number of rotatable bonds is 7. The molecule has 1 heteroatoms. The standard InChI is InChI=1S/C20H33N/c1-5-14-21-20(19-9-7-8-16(19)4)18-12-10-17(11-13-18)15(3)6-2/h10-13,15-16,19-21H,5-9,14H2,1-4H3. The zero-order valence-electron chi connectivity index (χ0n) is 14.4. The largest absolute Gasteiger partial charge is 0.310 e. The minimum absolute atomic E-state index is 0.549. The molecule has 0 heterocycles. The topological polar surface area (TPSA) is 12.0 Å². The van der Waals surface area contributed by atoms with Gasteiger partial charge in [0.15, 0.2) is 0 Å². The van der Waals surface area contributed by atoms with E-state index in [9.17, 15) is 0 Å². The maximum Gasteiger partial charge on any atom is 0.0351 e. The summed E-state index contributed by atoms with van der Waals surface area (Å²) in [5.74, 6) is 2.34. The minimum Gasteiger partial charge on any atom is -0.310 e. The van der Waals surface area contributed by atoms with Crippen LogP contribution in [0.3, 0.4) is 0 Å². The van der Waals surface area contributed by atoms with Crippen molar-refractivity contribution in [2.45, 2.75) is 71.8 Å². The Morgan fingerprint density at radius 2 is 1.76 bits per heavy atom. The fourth-order valence-electron chi connectivity index (χ4n) is 3.75. The van der Waals surface area contributed by atoms with E-state index in [1.165, 1.54) is 43.2 Å². The van der Waals surface area contributed by atoms with Crippen LogP contribution in [0.5, 0.6) is 0 Å². The Kier molecular flexibility index (Phi) is 6.29. The number of nitrogens with one attached hydrogen (secondary N) is 1. The average molecular weight is 287 g/mol. The lowest BCUT2D eigenvalue weighted by Crippen LogP contribution is -2.30. The highest BCUT2D eigenvalue weighted by atomic mass is 14.9. The van der Waals surface area contributed by atoms with Gasteiger partial charge < -0.3 is 5.32 Å². The zero-order valence-corrected chi connectivity index (χ0v) is 14.4. The van der Waals surface area contributed by atoms with Crippen molar-refractivity contribution in [2.75, 3.05) is 6.54 Å². The smallest absolute Gasteiger partial charge is 0.0351 e. The van der Waals surface area contributed by atoms with Gasteiger partial charge in [0.25, 0.3) is 0 Å². The van der Waals surface area contributed by atoms with E-state index in [-0.39, 0.29) is 0 Å². The maximum absolute atomic E-state index is 3.82. The van der Waals surface area contributed by atoms with E-state index < -0.39 is 0 Å². The summed E-state index contributed by atoms with van der Waals surface area (Å²) in [6.45, 7) is 10.4. The highest BCUT2D eigenvalue weighted by Gasteiger charge is 2.31. The first-order valence-electron chi connectivity index (χ1n) is 9.00. The van der Waals surface area contributed by atoms with E-state index in [1.54, 1.807) is 0 Å². The van der Waals surface area contributed by atoms with E-state index in [0.29, 0.717) is 12.0 Å². The molecule has 1 aromatic carbocycles. The summed E-state index contributed by atoms with van der Waals surface area (Å²) in [5, 5.41) is 3.82. The molecule has 0 aliphatic heterocycles. The minimum atomic E-state index is 0.549. The van der Waals surface area contributed by atoms with Gasteiger partial charge in [0.2, 0.25) is 0 Å². The van der Waals surface area contributed by atoms with Crippen LogP contribution in [0.2, 0.25) is 0 Å². The molecule has 0 amide bonds. The molecule has 0 radical (unpaired) electrons. The second kappa shape index (κ2) is 7.98. The summed E-state index contributed by atoms with van der Waals surface area (Å²) in [6.07, 6.45) is 6.62. The predicted molar refractivity (Wildman–Crippen MR) is 92.7 cm³/mol. The van der Waals surface area contributed by atoms with Gasteiger partial charge in [-0.15, -0.1) is 0 Å². The lowest BCUT2D eigenvalue weighted by molar-refractivity contribution is 0.302. The van der Waals surface area contributed by atoms with Crippen molar-refractivity contribution in [1.82, 2.24) is 5.32 Å². The van der Waals surface area contributed by atoms with Gasteiger partial charge in [0.05, 0.1) is 0 Å². The van der Waals surface area contributed by atoms with Gasteiger partial charge in [-0.25, -0.2) is 0 Å². The molecule has 1 fully saturated rings. The van der Waals surface area contributed by atoms with Gasteiger partial charge in [-0.1, -0.05) is 64.8 Å². The van der Waals surface area contributed by atoms with Crippen molar-refractivity contribution in [3.05, 3.63) is 35.4 Å². The number of hydrogen-bond acceptors (Lipinski definition) is 1. The molecule has 0 spiro atoms. The van der Waals surface area contributed by atoms with Crippen molar-refractivity contribution in [3.8, 4) is 0 Å². The second-order valence-electron chi connectivity index (χ2n) is 6.98. The predicted octanol–water partition coefficient (Wildman–Crippen LogP) is 5.68. The lowest BCUT2D eigenvalue weighted by Gasteiger charge is -2.29. The van der Waals surface area contributed by atoms with Crippen LogP contribution in [-0.2, 0) is 0 Å².